The predicted molar refractivity (Wildman–Crippen MR) is 55.5 cm³/mol. The Kier molecular flexibility index (Phi) is 2.73. The summed E-state index contributed by atoms with van der Waals surface area (Å²) in [5.41, 5.74) is 0. The Balaban J connectivity index is 1.88. The van der Waals surface area contributed by atoms with E-state index in [0.717, 1.165) is 12.8 Å². The first kappa shape index (κ1) is 9.13. The maximum Gasteiger partial charge on any atom is 0.160 e. The van der Waals surface area contributed by atoms with Crippen molar-refractivity contribution in [1.29, 1.82) is 0 Å². The molecular formula is C12H14O2. The van der Waals surface area contributed by atoms with Crippen LogP contribution in [0.25, 0.3) is 0 Å². The van der Waals surface area contributed by atoms with E-state index in [0.29, 0.717) is 18.3 Å². The first-order valence-corrected chi connectivity index (χ1v) is 4.92. The molecule has 0 fully saturated rings. The molecule has 0 spiro atoms. The number of benzene rings is 1. The van der Waals surface area contributed by atoms with Gasteiger partial charge in [0.1, 0.15) is 0 Å². The molecule has 1 aliphatic rings. The van der Waals surface area contributed by atoms with Gasteiger partial charge in [0.05, 0.1) is 6.61 Å². The Morgan fingerprint density at radius 3 is 2.64 bits per heavy atom. The van der Waals surface area contributed by atoms with E-state index >= 15 is 0 Å². The molecule has 2 rings (SSSR count). The third kappa shape index (κ3) is 2.08. The molecule has 0 radical (unpaired) electrons. The van der Waals surface area contributed by atoms with Gasteiger partial charge in [-0.25, -0.2) is 0 Å². The fourth-order valence-electron chi connectivity index (χ4n) is 1.60. The topological polar surface area (TPSA) is 29.5 Å². The van der Waals surface area contributed by atoms with Gasteiger partial charge in [0, 0.05) is 0 Å². The normalized spacial score (nSPS) is 16.0. The monoisotopic (exact) mass is 190 g/mol. The van der Waals surface area contributed by atoms with Crippen molar-refractivity contribution in [3.8, 4) is 11.5 Å². The molecular weight excluding hydrogens is 176 g/mol. The first-order chi connectivity index (χ1) is 6.86. The number of aromatic hydroxyl groups is 1. The van der Waals surface area contributed by atoms with Gasteiger partial charge in [-0.15, -0.1) is 0 Å². The summed E-state index contributed by atoms with van der Waals surface area (Å²) in [6.45, 7) is 0.685. The summed E-state index contributed by atoms with van der Waals surface area (Å²) in [6.07, 6.45) is 6.54. The van der Waals surface area contributed by atoms with Gasteiger partial charge in [-0.3, -0.25) is 0 Å². The molecule has 2 heteroatoms. The summed E-state index contributed by atoms with van der Waals surface area (Å²) in [7, 11) is 0. The number of allylic oxidation sites excluding steroid dienone is 2. The van der Waals surface area contributed by atoms with E-state index in [1.54, 1.807) is 18.2 Å². The average Bonchev–Trinajstić information content (AvgIpc) is 2.69. The number of rotatable bonds is 3. The van der Waals surface area contributed by atoms with Crippen molar-refractivity contribution in [2.24, 2.45) is 5.92 Å². The van der Waals surface area contributed by atoms with Crippen LogP contribution in [0.4, 0.5) is 0 Å². The van der Waals surface area contributed by atoms with E-state index in [4.69, 9.17) is 4.74 Å². The minimum Gasteiger partial charge on any atom is -0.504 e. The Labute approximate surface area is 83.8 Å². The number of hydrogen-bond acceptors (Lipinski definition) is 2. The SMILES string of the molecule is Oc1ccccc1OCC1CC=CC1. The van der Waals surface area contributed by atoms with Gasteiger partial charge in [-0.05, 0) is 30.9 Å². The maximum absolute atomic E-state index is 9.44. The van der Waals surface area contributed by atoms with Crippen molar-refractivity contribution in [3.63, 3.8) is 0 Å². The van der Waals surface area contributed by atoms with E-state index in [1.807, 2.05) is 6.07 Å². The van der Waals surface area contributed by atoms with E-state index in [9.17, 15) is 5.11 Å². The van der Waals surface area contributed by atoms with Gasteiger partial charge in [0.15, 0.2) is 11.5 Å². The van der Waals surface area contributed by atoms with Crippen LogP contribution in [-0.2, 0) is 0 Å². The zero-order valence-corrected chi connectivity index (χ0v) is 8.02. The number of phenols is 1. The quantitative estimate of drug-likeness (QED) is 0.742. The molecule has 0 atom stereocenters. The molecule has 0 aliphatic heterocycles. The Hall–Kier alpha value is -1.44. The molecule has 74 valence electrons. The molecule has 1 N–H and O–H groups in total. The molecule has 0 saturated heterocycles. The van der Waals surface area contributed by atoms with Crippen molar-refractivity contribution < 1.29 is 9.84 Å². The van der Waals surface area contributed by atoms with E-state index in [-0.39, 0.29) is 5.75 Å². The number of para-hydroxylation sites is 2. The lowest BCUT2D eigenvalue weighted by atomic mass is 10.1. The zero-order valence-electron chi connectivity index (χ0n) is 8.02. The second kappa shape index (κ2) is 4.18. The fourth-order valence-corrected chi connectivity index (χ4v) is 1.60. The van der Waals surface area contributed by atoms with Crippen LogP contribution in [-0.4, -0.2) is 11.7 Å². The van der Waals surface area contributed by atoms with E-state index in [2.05, 4.69) is 12.2 Å². The summed E-state index contributed by atoms with van der Waals surface area (Å²) >= 11 is 0. The van der Waals surface area contributed by atoms with Gasteiger partial charge in [0.25, 0.3) is 0 Å². The third-order valence-electron chi connectivity index (χ3n) is 2.45. The van der Waals surface area contributed by atoms with Crippen molar-refractivity contribution in [3.05, 3.63) is 36.4 Å². The lowest BCUT2D eigenvalue weighted by Crippen LogP contribution is -2.08. The predicted octanol–water partition coefficient (Wildman–Crippen LogP) is 2.74. The van der Waals surface area contributed by atoms with Crippen LogP contribution in [0.3, 0.4) is 0 Å². The minimum absolute atomic E-state index is 0.221. The highest BCUT2D eigenvalue weighted by Gasteiger charge is 2.11. The van der Waals surface area contributed by atoms with Crippen LogP contribution < -0.4 is 4.74 Å². The molecule has 14 heavy (non-hydrogen) atoms. The summed E-state index contributed by atoms with van der Waals surface area (Å²) < 4.78 is 5.53. The number of hydrogen-bond donors (Lipinski definition) is 1. The van der Waals surface area contributed by atoms with Gasteiger partial charge < -0.3 is 9.84 Å². The zero-order chi connectivity index (χ0) is 9.80. The Morgan fingerprint density at radius 1 is 1.21 bits per heavy atom. The Morgan fingerprint density at radius 2 is 1.93 bits per heavy atom. The van der Waals surface area contributed by atoms with Gasteiger partial charge in [-0.2, -0.15) is 0 Å². The number of ether oxygens (including phenoxy) is 1. The summed E-state index contributed by atoms with van der Waals surface area (Å²) in [4.78, 5) is 0. The van der Waals surface area contributed by atoms with Crippen molar-refractivity contribution in [1.82, 2.24) is 0 Å². The van der Waals surface area contributed by atoms with Crippen molar-refractivity contribution in [2.45, 2.75) is 12.8 Å². The summed E-state index contributed by atoms with van der Waals surface area (Å²) in [5.74, 6) is 1.38. The van der Waals surface area contributed by atoms with Crippen LogP contribution in [0.15, 0.2) is 36.4 Å². The van der Waals surface area contributed by atoms with Crippen LogP contribution in [0.5, 0.6) is 11.5 Å². The molecule has 0 heterocycles. The first-order valence-electron chi connectivity index (χ1n) is 4.92. The highest BCUT2D eigenvalue weighted by Crippen LogP contribution is 2.26. The second-order valence-electron chi connectivity index (χ2n) is 3.59. The largest absolute Gasteiger partial charge is 0.504 e. The maximum atomic E-state index is 9.44. The lowest BCUT2D eigenvalue weighted by molar-refractivity contribution is 0.246. The lowest BCUT2D eigenvalue weighted by Gasteiger charge is -2.11. The van der Waals surface area contributed by atoms with Crippen LogP contribution >= 0.6 is 0 Å². The second-order valence-corrected chi connectivity index (χ2v) is 3.59. The molecule has 0 aromatic heterocycles. The minimum atomic E-state index is 0.221. The fraction of sp³-hybridized carbons (Fsp3) is 0.333. The Bertz CT molecular complexity index is 323. The summed E-state index contributed by atoms with van der Waals surface area (Å²) in [5, 5.41) is 9.44. The molecule has 1 aromatic carbocycles. The average molecular weight is 190 g/mol. The molecule has 1 aromatic rings. The summed E-state index contributed by atoms with van der Waals surface area (Å²) in [6, 6.07) is 7.08. The van der Waals surface area contributed by atoms with Crippen LogP contribution in [0.1, 0.15) is 12.8 Å². The highest BCUT2D eigenvalue weighted by molar-refractivity contribution is 5.37. The highest BCUT2D eigenvalue weighted by atomic mass is 16.5. The number of phenolic OH excluding ortho intramolecular Hbond substituents is 1. The molecule has 0 unspecified atom stereocenters. The van der Waals surface area contributed by atoms with Gasteiger partial charge in [0.2, 0.25) is 0 Å². The van der Waals surface area contributed by atoms with Crippen LogP contribution in [0, 0.1) is 5.92 Å². The molecule has 0 saturated carbocycles. The van der Waals surface area contributed by atoms with Crippen molar-refractivity contribution in [2.75, 3.05) is 6.61 Å². The standard InChI is InChI=1S/C12H14O2/c13-11-7-3-4-8-12(11)14-9-10-5-1-2-6-10/h1-4,7-8,10,13H,5-6,9H2. The van der Waals surface area contributed by atoms with Gasteiger partial charge >= 0.3 is 0 Å². The smallest absolute Gasteiger partial charge is 0.160 e. The molecule has 2 nitrogen and oxygen atoms in total. The molecule has 0 amide bonds. The van der Waals surface area contributed by atoms with E-state index in [1.165, 1.54) is 0 Å². The molecule has 1 aliphatic carbocycles. The van der Waals surface area contributed by atoms with E-state index < -0.39 is 0 Å². The third-order valence-corrected chi connectivity index (χ3v) is 2.45. The van der Waals surface area contributed by atoms with Gasteiger partial charge in [-0.1, -0.05) is 24.3 Å². The molecule has 0 bridgehead atoms. The van der Waals surface area contributed by atoms with Crippen molar-refractivity contribution >= 4 is 0 Å². The van der Waals surface area contributed by atoms with Crippen LogP contribution in [0.2, 0.25) is 0 Å².